The minimum atomic E-state index is -0.463. The predicted molar refractivity (Wildman–Crippen MR) is 213 cm³/mol. The largest absolute Gasteiger partial charge is 0.456 e. The molecule has 0 spiro atoms. The van der Waals surface area contributed by atoms with E-state index < -0.39 is 12.1 Å². The van der Waals surface area contributed by atoms with Gasteiger partial charge in [0, 0.05) is 44.3 Å². The number of furan rings is 1. The molecule has 0 amide bonds. The zero-order valence-electron chi connectivity index (χ0n) is 33.4. The van der Waals surface area contributed by atoms with E-state index in [0.29, 0.717) is 22.8 Å². The number of hydrogen-bond acceptors (Lipinski definition) is 4. The van der Waals surface area contributed by atoms with Gasteiger partial charge in [-0.3, -0.25) is 0 Å². The number of aromatic nitrogens is 4. The molecule has 0 bridgehead atoms. The van der Waals surface area contributed by atoms with Crippen LogP contribution in [0.15, 0.2) is 174 Å². The van der Waals surface area contributed by atoms with Crippen molar-refractivity contribution in [2.75, 3.05) is 0 Å². The summed E-state index contributed by atoms with van der Waals surface area (Å²) >= 11 is 0. The topological polar surface area (TPSA) is 56.7 Å². The van der Waals surface area contributed by atoms with Crippen molar-refractivity contribution in [3.8, 4) is 39.9 Å². The lowest BCUT2D eigenvalue weighted by atomic mass is 10.0. The number of benzene rings is 8. The number of hydrogen-bond donors (Lipinski definition) is 0. The van der Waals surface area contributed by atoms with Crippen molar-refractivity contribution < 1.29 is 12.6 Å². The van der Waals surface area contributed by atoms with Gasteiger partial charge in [0.05, 0.1) is 24.9 Å². The predicted octanol–water partition coefficient (Wildman–Crippen LogP) is 12.2. The molecule has 0 saturated heterocycles. The van der Waals surface area contributed by atoms with Crippen LogP contribution in [0.25, 0.3) is 105 Å². The first kappa shape index (κ1) is 23.3. The molecule has 5 nitrogen and oxygen atoms in total. The van der Waals surface area contributed by atoms with E-state index in [2.05, 4.69) is 36.4 Å². The molecule has 0 fully saturated rings. The van der Waals surface area contributed by atoms with Crippen LogP contribution in [0.4, 0.5) is 0 Å². The van der Waals surface area contributed by atoms with Crippen LogP contribution in [0.1, 0.15) is 8.22 Å². The van der Waals surface area contributed by atoms with Gasteiger partial charge < -0.3 is 8.98 Å². The summed E-state index contributed by atoms with van der Waals surface area (Å²) < 4.78 is 63.7. The van der Waals surface area contributed by atoms with Gasteiger partial charge in [-0.15, -0.1) is 0 Å². The Morgan fingerprint density at radius 3 is 1.56 bits per heavy atom. The lowest BCUT2D eigenvalue weighted by Gasteiger charge is -2.13. The average Bonchev–Trinajstić information content (AvgIpc) is 3.80. The molecule has 52 heavy (non-hydrogen) atoms. The maximum absolute atomic E-state index is 10.3. The van der Waals surface area contributed by atoms with Gasteiger partial charge in [-0.25, -0.2) is 15.0 Å². The van der Waals surface area contributed by atoms with E-state index in [-0.39, 0.29) is 63.2 Å². The van der Waals surface area contributed by atoms with Gasteiger partial charge in [0.1, 0.15) is 11.2 Å². The summed E-state index contributed by atoms with van der Waals surface area (Å²) in [4.78, 5) is 14.9. The van der Waals surface area contributed by atoms with E-state index in [9.17, 15) is 2.74 Å². The van der Waals surface area contributed by atoms with Crippen LogP contribution in [-0.2, 0) is 0 Å². The van der Waals surface area contributed by atoms with Crippen molar-refractivity contribution in [1.29, 1.82) is 0 Å². The van der Waals surface area contributed by atoms with Crippen molar-refractivity contribution in [2.24, 2.45) is 0 Å². The Morgan fingerprint density at radius 1 is 0.481 bits per heavy atom. The van der Waals surface area contributed by atoms with Crippen molar-refractivity contribution in [2.45, 2.75) is 0 Å². The van der Waals surface area contributed by atoms with E-state index >= 15 is 0 Å². The molecule has 0 aliphatic rings. The van der Waals surface area contributed by atoms with Gasteiger partial charge in [-0.1, -0.05) is 127 Å². The molecule has 8 aromatic carbocycles. The zero-order valence-corrected chi connectivity index (χ0v) is 27.4. The summed E-state index contributed by atoms with van der Waals surface area (Å²) in [6.45, 7) is 0. The van der Waals surface area contributed by atoms with Crippen LogP contribution >= 0.6 is 0 Å². The van der Waals surface area contributed by atoms with Crippen LogP contribution in [0.5, 0.6) is 0 Å². The lowest BCUT2D eigenvalue weighted by molar-refractivity contribution is 0.668. The third-order valence-electron chi connectivity index (χ3n) is 9.71. The van der Waals surface area contributed by atoms with E-state index in [1.807, 2.05) is 102 Å². The molecule has 0 saturated carbocycles. The van der Waals surface area contributed by atoms with Gasteiger partial charge in [0.25, 0.3) is 0 Å². The minimum absolute atomic E-state index is 0.0116. The van der Waals surface area contributed by atoms with Crippen molar-refractivity contribution in [3.63, 3.8) is 0 Å². The van der Waals surface area contributed by atoms with Crippen LogP contribution in [0.3, 0.4) is 0 Å². The highest BCUT2D eigenvalue weighted by Crippen LogP contribution is 2.42. The first-order valence-electron chi connectivity index (χ1n) is 20.0. The highest BCUT2D eigenvalue weighted by molar-refractivity contribution is 6.18. The molecular weight excluding hydrogens is 637 g/mol. The maximum Gasteiger partial charge on any atom is 0.164 e. The zero-order chi connectivity index (χ0) is 39.4. The Balaban J connectivity index is 1.35. The van der Waals surface area contributed by atoms with Crippen LogP contribution < -0.4 is 0 Å². The quantitative estimate of drug-likeness (QED) is 0.187. The third-order valence-corrected chi connectivity index (χ3v) is 9.71. The molecule has 11 rings (SSSR count). The smallest absolute Gasteiger partial charge is 0.164 e. The summed E-state index contributed by atoms with van der Waals surface area (Å²) in [6.07, 6.45) is 0. The molecule has 3 aromatic heterocycles. The monoisotopic (exact) mass is 670 g/mol. The fourth-order valence-electron chi connectivity index (χ4n) is 7.30. The van der Waals surface area contributed by atoms with Gasteiger partial charge in [0.2, 0.25) is 0 Å². The fraction of sp³-hybridized carbons (Fsp3) is 0. The molecule has 0 radical (unpaired) electrons. The maximum atomic E-state index is 10.3. The highest BCUT2D eigenvalue weighted by Gasteiger charge is 2.22. The molecule has 11 aromatic rings. The van der Waals surface area contributed by atoms with E-state index in [0.717, 1.165) is 43.4 Å². The molecular formula is C47H28N4O. The number of rotatable bonds is 4. The Labute approximate surface area is 306 Å². The standard InChI is InChI=1S/C47H28N4O/c1-3-13-29(14-4-1)45-48-46(30-15-5-2-6-16-30)50-47(49-45)39-27-35(28-43-44(39)36-21-11-12-22-42(36)52-43)51-40-25-33-19-9-7-17-31(33)23-37(40)38-24-32-18-8-10-20-34(32)26-41(38)51/h1-28H/i11D,12D,21D,22D,27D,28D. The summed E-state index contributed by atoms with van der Waals surface area (Å²) in [5.41, 5.74) is 3.16. The second-order valence-electron chi connectivity index (χ2n) is 12.8. The molecule has 0 atom stereocenters. The molecule has 5 heteroatoms. The molecule has 0 unspecified atom stereocenters. The van der Waals surface area contributed by atoms with E-state index in [1.165, 1.54) is 0 Å². The molecule has 0 aliphatic carbocycles. The van der Waals surface area contributed by atoms with Gasteiger partial charge >= 0.3 is 0 Å². The third kappa shape index (κ3) is 4.46. The normalized spacial score (nSPS) is 13.5. The Hall–Kier alpha value is -7.11. The van der Waals surface area contributed by atoms with Crippen LogP contribution in [0.2, 0.25) is 0 Å². The average molecular weight is 671 g/mol. The number of nitrogens with zero attached hydrogens (tertiary/aromatic N) is 4. The van der Waals surface area contributed by atoms with E-state index in [4.69, 9.17) is 24.9 Å². The second-order valence-corrected chi connectivity index (χ2v) is 12.8. The Bertz CT molecular complexity index is 3380. The van der Waals surface area contributed by atoms with Gasteiger partial charge in [0.15, 0.2) is 17.5 Å². The summed E-state index contributed by atoms with van der Waals surface area (Å²) in [6, 6.07) is 41.6. The van der Waals surface area contributed by atoms with E-state index in [1.54, 1.807) is 0 Å². The summed E-state index contributed by atoms with van der Waals surface area (Å²) in [5, 5.41) is 6.12. The summed E-state index contributed by atoms with van der Waals surface area (Å²) in [5.74, 6) is 0.784. The SMILES string of the molecule is [2H]c1c([2H])c([2H])c2c(oc3c([2H])c(-n4c5cc6ccccc6cc5c5cc6ccccc6cc54)c([2H])c(-c4nc(-c5ccccc5)nc(-c5ccccc5)n4)c32)c1[2H]. The Morgan fingerprint density at radius 2 is 0.981 bits per heavy atom. The fourth-order valence-corrected chi connectivity index (χ4v) is 7.30. The number of fused-ring (bicyclic) bond motifs is 8. The van der Waals surface area contributed by atoms with Crippen molar-refractivity contribution >= 4 is 65.3 Å². The lowest BCUT2D eigenvalue weighted by Crippen LogP contribution is -2.01. The van der Waals surface area contributed by atoms with Crippen molar-refractivity contribution in [3.05, 3.63) is 170 Å². The van der Waals surface area contributed by atoms with Crippen molar-refractivity contribution in [1.82, 2.24) is 19.5 Å². The van der Waals surface area contributed by atoms with Gasteiger partial charge in [-0.05, 0) is 57.9 Å². The molecule has 242 valence electrons. The highest BCUT2D eigenvalue weighted by atomic mass is 16.3. The first-order valence-corrected chi connectivity index (χ1v) is 17.0. The molecule has 0 N–H and O–H groups in total. The Kier molecular flexibility index (Phi) is 5.03. The van der Waals surface area contributed by atoms with Gasteiger partial charge in [-0.2, -0.15) is 0 Å². The molecule has 3 heterocycles. The molecule has 0 aliphatic heterocycles. The number of para-hydroxylation sites is 1. The minimum Gasteiger partial charge on any atom is -0.456 e. The van der Waals surface area contributed by atoms with Crippen LogP contribution in [-0.4, -0.2) is 19.5 Å². The first-order chi connectivity index (χ1) is 28.3. The summed E-state index contributed by atoms with van der Waals surface area (Å²) in [7, 11) is 0. The second kappa shape index (κ2) is 11.2. The van der Waals surface area contributed by atoms with Crippen LogP contribution in [0, 0.1) is 0 Å².